The SMILES string of the molecule is Cc1ccc(CN2CCN(c3cccc4c3C(=O)N(C(C)c3nccs3)C4=O)CC2)cc1. The number of rotatable bonds is 5. The summed E-state index contributed by atoms with van der Waals surface area (Å²) in [5.41, 5.74) is 4.49. The Bertz CT molecular complexity index is 1140. The van der Waals surface area contributed by atoms with Gasteiger partial charge in [-0.05, 0) is 31.5 Å². The van der Waals surface area contributed by atoms with Gasteiger partial charge in [0.25, 0.3) is 11.8 Å². The molecule has 1 unspecified atom stereocenters. The zero-order valence-electron chi connectivity index (χ0n) is 18.3. The highest BCUT2D eigenvalue weighted by Gasteiger charge is 2.42. The molecule has 1 saturated heterocycles. The van der Waals surface area contributed by atoms with Gasteiger partial charge < -0.3 is 4.90 Å². The van der Waals surface area contributed by atoms with Gasteiger partial charge in [0, 0.05) is 44.3 Å². The maximum atomic E-state index is 13.4. The van der Waals surface area contributed by atoms with Crippen LogP contribution in [-0.2, 0) is 6.54 Å². The maximum Gasteiger partial charge on any atom is 0.264 e. The number of anilines is 1. The van der Waals surface area contributed by atoms with Gasteiger partial charge in [-0.2, -0.15) is 0 Å². The number of hydrogen-bond donors (Lipinski definition) is 0. The summed E-state index contributed by atoms with van der Waals surface area (Å²) in [6.07, 6.45) is 1.70. The molecule has 6 nitrogen and oxygen atoms in total. The number of hydrogen-bond acceptors (Lipinski definition) is 6. The van der Waals surface area contributed by atoms with Crippen molar-refractivity contribution in [3.63, 3.8) is 0 Å². The molecule has 32 heavy (non-hydrogen) atoms. The fourth-order valence-electron chi connectivity index (χ4n) is 4.55. The Balaban J connectivity index is 1.33. The summed E-state index contributed by atoms with van der Waals surface area (Å²) in [4.78, 5) is 36.9. The van der Waals surface area contributed by atoms with Crippen LogP contribution >= 0.6 is 11.3 Å². The predicted molar refractivity (Wildman–Crippen MR) is 126 cm³/mol. The van der Waals surface area contributed by atoms with Crippen LogP contribution < -0.4 is 4.90 Å². The molecular formula is C25H26N4O2S. The average molecular weight is 447 g/mol. The monoisotopic (exact) mass is 446 g/mol. The van der Waals surface area contributed by atoms with Crippen molar-refractivity contribution in [1.29, 1.82) is 0 Å². The molecule has 2 aliphatic rings. The van der Waals surface area contributed by atoms with E-state index < -0.39 is 0 Å². The second-order valence-electron chi connectivity index (χ2n) is 8.48. The molecule has 0 spiro atoms. The summed E-state index contributed by atoms with van der Waals surface area (Å²) in [6.45, 7) is 8.38. The van der Waals surface area contributed by atoms with Crippen LogP contribution in [0.3, 0.4) is 0 Å². The van der Waals surface area contributed by atoms with E-state index in [1.54, 1.807) is 12.3 Å². The fraction of sp³-hybridized carbons (Fsp3) is 0.320. The van der Waals surface area contributed by atoms with Gasteiger partial charge in [0.2, 0.25) is 0 Å². The Morgan fingerprint density at radius 2 is 1.75 bits per heavy atom. The number of benzene rings is 2. The lowest BCUT2D eigenvalue weighted by Crippen LogP contribution is -2.46. The van der Waals surface area contributed by atoms with Crippen LogP contribution in [0.4, 0.5) is 5.69 Å². The van der Waals surface area contributed by atoms with Crippen molar-refractivity contribution < 1.29 is 9.59 Å². The van der Waals surface area contributed by atoms with Gasteiger partial charge in [0.05, 0.1) is 22.9 Å². The van der Waals surface area contributed by atoms with Crippen molar-refractivity contribution >= 4 is 28.8 Å². The smallest absolute Gasteiger partial charge is 0.264 e. The zero-order valence-corrected chi connectivity index (χ0v) is 19.1. The van der Waals surface area contributed by atoms with E-state index in [1.165, 1.54) is 27.4 Å². The second-order valence-corrected chi connectivity index (χ2v) is 9.40. The minimum atomic E-state index is -0.374. The third-order valence-corrected chi connectivity index (χ3v) is 7.31. The standard InChI is InChI=1S/C25H26N4O2S/c1-17-6-8-19(9-7-17)16-27-11-13-28(14-12-27)21-5-3-4-20-22(21)25(31)29(24(20)30)18(2)23-26-10-15-32-23/h3-10,15,18H,11-14,16H2,1-2H3. The molecule has 1 fully saturated rings. The molecule has 5 rings (SSSR count). The predicted octanol–water partition coefficient (Wildman–Crippen LogP) is 4.13. The highest BCUT2D eigenvalue weighted by atomic mass is 32.1. The maximum absolute atomic E-state index is 13.4. The van der Waals surface area contributed by atoms with Gasteiger partial charge in [-0.3, -0.25) is 19.4 Å². The van der Waals surface area contributed by atoms with Crippen LogP contribution in [0.25, 0.3) is 0 Å². The van der Waals surface area contributed by atoms with Crippen LogP contribution in [-0.4, -0.2) is 52.8 Å². The Morgan fingerprint density at radius 3 is 2.44 bits per heavy atom. The van der Waals surface area contributed by atoms with Gasteiger partial charge in [-0.25, -0.2) is 4.98 Å². The summed E-state index contributed by atoms with van der Waals surface area (Å²) in [7, 11) is 0. The first-order valence-corrected chi connectivity index (χ1v) is 11.8. The molecule has 0 N–H and O–H groups in total. The largest absolute Gasteiger partial charge is 0.368 e. The number of aromatic nitrogens is 1. The van der Waals surface area contributed by atoms with E-state index in [4.69, 9.17) is 0 Å². The van der Waals surface area contributed by atoms with E-state index in [1.807, 2.05) is 24.4 Å². The molecule has 0 radical (unpaired) electrons. The summed E-state index contributed by atoms with van der Waals surface area (Å²) < 4.78 is 0. The second kappa shape index (κ2) is 8.48. The number of piperazine rings is 1. The molecule has 0 aliphatic carbocycles. The first-order chi connectivity index (χ1) is 15.5. The summed E-state index contributed by atoms with van der Waals surface area (Å²) >= 11 is 1.46. The molecule has 0 bridgehead atoms. The highest BCUT2D eigenvalue weighted by Crippen LogP contribution is 2.37. The van der Waals surface area contributed by atoms with Gasteiger partial charge >= 0.3 is 0 Å². The minimum Gasteiger partial charge on any atom is -0.368 e. The summed E-state index contributed by atoms with van der Waals surface area (Å²) in [5.74, 6) is -0.446. The molecule has 0 saturated carbocycles. The van der Waals surface area contributed by atoms with Gasteiger partial charge in [0.15, 0.2) is 0 Å². The highest BCUT2D eigenvalue weighted by molar-refractivity contribution is 7.09. The Hall–Kier alpha value is -3.03. The van der Waals surface area contributed by atoms with Crippen molar-refractivity contribution in [2.45, 2.75) is 26.4 Å². The summed E-state index contributed by atoms with van der Waals surface area (Å²) in [6, 6.07) is 13.9. The molecule has 164 valence electrons. The van der Waals surface area contributed by atoms with Crippen LogP contribution in [0.15, 0.2) is 54.0 Å². The van der Waals surface area contributed by atoms with E-state index in [9.17, 15) is 9.59 Å². The van der Waals surface area contributed by atoms with Crippen LogP contribution in [0, 0.1) is 6.92 Å². The number of nitrogens with zero attached hydrogens (tertiary/aromatic N) is 4. The molecule has 1 atom stereocenters. The topological polar surface area (TPSA) is 56.8 Å². The first kappa shape index (κ1) is 20.8. The lowest BCUT2D eigenvalue weighted by molar-refractivity contribution is 0.0595. The van der Waals surface area contributed by atoms with Crippen LogP contribution in [0.1, 0.15) is 49.8 Å². The molecule has 2 aliphatic heterocycles. The summed E-state index contributed by atoms with van der Waals surface area (Å²) in [5, 5.41) is 2.64. The molecule has 7 heteroatoms. The van der Waals surface area contributed by atoms with E-state index in [2.05, 4.69) is 46.0 Å². The van der Waals surface area contributed by atoms with Crippen molar-refractivity contribution in [1.82, 2.24) is 14.8 Å². The van der Waals surface area contributed by atoms with E-state index in [0.717, 1.165) is 43.4 Å². The minimum absolute atomic E-state index is 0.217. The van der Waals surface area contributed by atoms with Gasteiger partial charge in [0.1, 0.15) is 5.01 Å². The van der Waals surface area contributed by atoms with Crippen LogP contribution in [0.2, 0.25) is 0 Å². The molecule has 3 aromatic rings. The Labute approximate surface area is 192 Å². The molecular weight excluding hydrogens is 420 g/mol. The number of aryl methyl sites for hydroxylation is 1. The average Bonchev–Trinajstić information content (AvgIpc) is 3.43. The molecule has 2 aromatic carbocycles. The number of carbonyl (C=O) groups is 2. The molecule has 3 heterocycles. The van der Waals surface area contributed by atoms with Crippen molar-refractivity contribution in [3.05, 3.63) is 81.3 Å². The van der Waals surface area contributed by atoms with E-state index in [0.29, 0.717) is 11.1 Å². The number of amides is 2. The third kappa shape index (κ3) is 3.72. The zero-order chi connectivity index (χ0) is 22.2. The van der Waals surface area contributed by atoms with Gasteiger partial charge in [-0.1, -0.05) is 35.9 Å². The molecule has 1 aromatic heterocycles. The fourth-order valence-corrected chi connectivity index (χ4v) is 5.24. The number of carbonyl (C=O) groups excluding carboxylic acids is 2. The van der Waals surface area contributed by atoms with Gasteiger partial charge in [-0.15, -0.1) is 11.3 Å². The van der Waals surface area contributed by atoms with Crippen molar-refractivity contribution in [3.8, 4) is 0 Å². The third-order valence-electron chi connectivity index (χ3n) is 6.36. The lowest BCUT2D eigenvalue weighted by atomic mass is 10.1. The van der Waals surface area contributed by atoms with E-state index >= 15 is 0 Å². The first-order valence-electron chi connectivity index (χ1n) is 11.0. The molecule has 2 amide bonds. The Morgan fingerprint density at radius 1 is 1.00 bits per heavy atom. The number of fused-ring (bicyclic) bond motifs is 1. The van der Waals surface area contributed by atoms with Crippen molar-refractivity contribution in [2.24, 2.45) is 0 Å². The Kier molecular flexibility index (Phi) is 5.53. The lowest BCUT2D eigenvalue weighted by Gasteiger charge is -2.36. The number of imide groups is 1. The quantitative estimate of drug-likeness (QED) is 0.552. The number of thiazole rings is 1. The van der Waals surface area contributed by atoms with Crippen LogP contribution in [0.5, 0.6) is 0 Å². The van der Waals surface area contributed by atoms with Crippen molar-refractivity contribution in [2.75, 3.05) is 31.1 Å². The van der Waals surface area contributed by atoms with E-state index in [-0.39, 0.29) is 17.9 Å². The normalized spacial score (nSPS) is 17.7.